The van der Waals surface area contributed by atoms with Gasteiger partial charge in [0.05, 0.1) is 5.04 Å². The molecule has 0 saturated carbocycles. The predicted octanol–water partition coefficient (Wildman–Crippen LogP) is 2.09. The van der Waals surface area contributed by atoms with E-state index >= 15 is 0 Å². The smallest absolute Gasteiger partial charge is 0.267 e. The third-order valence-electron chi connectivity index (χ3n) is 2.34. The van der Waals surface area contributed by atoms with Crippen LogP contribution in [0.1, 0.15) is 26.3 Å². The monoisotopic (exact) mass is 264 g/mol. The molecule has 2 N–H and O–H groups in total. The highest BCUT2D eigenvalue weighted by atomic mass is 32.2. The van der Waals surface area contributed by atoms with E-state index in [4.69, 9.17) is 0 Å². The Morgan fingerprint density at radius 3 is 2.22 bits per heavy atom. The summed E-state index contributed by atoms with van der Waals surface area (Å²) >= 11 is 1.53. The molecule has 0 aliphatic carbocycles. The van der Waals surface area contributed by atoms with Gasteiger partial charge in [-0.1, -0.05) is 42.1 Å². The van der Waals surface area contributed by atoms with Crippen molar-refractivity contribution >= 4 is 28.6 Å². The van der Waals surface area contributed by atoms with Crippen LogP contribution >= 0.6 is 11.8 Å². The van der Waals surface area contributed by atoms with Gasteiger partial charge in [-0.25, -0.2) is 4.99 Å². The molecule has 2 amide bonds. The van der Waals surface area contributed by atoms with Crippen molar-refractivity contribution < 1.29 is 9.59 Å². The molecule has 1 aromatic carbocycles. The first kappa shape index (κ1) is 14.4. The first-order chi connectivity index (χ1) is 8.36. The van der Waals surface area contributed by atoms with Gasteiger partial charge in [0.15, 0.2) is 0 Å². The van der Waals surface area contributed by atoms with Crippen molar-refractivity contribution in [2.75, 3.05) is 0 Å². The van der Waals surface area contributed by atoms with Crippen LogP contribution in [-0.2, 0) is 14.3 Å². The minimum Gasteiger partial charge on any atom is -0.370 e. The average Bonchev–Trinajstić information content (AvgIpc) is 2.54. The van der Waals surface area contributed by atoms with Gasteiger partial charge in [-0.05, 0) is 19.4 Å². The van der Waals surface area contributed by atoms with Crippen LogP contribution in [0.5, 0.6) is 0 Å². The van der Waals surface area contributed by atoms with E-state index in [0.29, 0.717) is 0 Å². The van der Waals surface area contributed by atoms with E-state index in [1.165, 1.54) is 18.7 Å². The van der Waals surface area contributed by atoms with Crippen molar-refractivity contribution in [2.45, 2.75) is 25.5 Å². The van der Waals surface area contributed by atoms with Crippen LogP contribution in [-0.4, -0.2) is 16.9 Å². The Morgan fingerprint density at radius 2 is 1.83 bits per heavy atom. The van der Waals surface area contributed by atoms with Gasteiger partial charge in [0.25, 0.3) is 5.91 Å². The second-order valence-corrected chi connectivity index (χ2v) is 5.66. The lowest BCUT2D eigenvalue weighted by atomic mass is 10.00. The standard InChI is InChI=1S/C11H11NOS.C2H5NO/c1-8-12-10(13)11(2,14-8)9-6-4-3-5-7-9;1-2(3)4/h3-7H,1-2H3;1H3,(H2,3,4). The van der Waals surface area contributed by atoms with Gasteiger partial charge in [0.2, 0.25) is 5.91 Å². The molecule has 18 heavy (non-hydrogen) atoms. The number of carbonyl (C=O) groups excluding carboxylic acids is 2. The van der Waals surface area contributed by atoms with Crippen molar-refractivity contribution in [3.63, 3.8) is 0 Å². The quantitative estimate of drug-likeness (QED) is 0.844. The molecule has 0 bridgehead atoms. The summed E-state index contributed by atoms with van der Waals surface area (Å²) in [5, 5.41) is 0.848. The molecule has 1 aromatic rings. The summed E-state index contributed by atoms with van der Waals surface area (Å²) in [4.78, 5) is 24.9. The van der Waals surface area contributed by atoms with Gasteiger partial charge < -0.3 is 5.73 Å². The van der Waals surface area contributed by atoms with E-state index in [1.54, 1.807) is 0 Å². The zero-order valence-electron chi connectivity index (χ0n) is 10.6. The molecule has 0 fully saturated rings. The van der Waals surface area contributed by atoms with E-state index in [0.717, 1.165) is 10.6 Å². The van der Waals surface area contributed by atoms with E-state index < -0.39 is 4.75 Å². The van der Waals surface area contributed by atoms with Crippen molar-refractivity contribution in [1.82, 2.24) is 0 Å². The van der Waals surface area contributed by atoms with Crippen LogP contribution < -0.4 is 5.73 Å². The Hall–Kier alpha value is -1.62. The minimum absolute atomic E-state index is 0.0498. The molecule has 1 heterocycles. The summed E-state index contributed by atoms with van der Waals surface area (Å²) in [7, 11) is 0. The highest BCUT2D eigenvalue weighted by Crippen LogP contribution is 2.42. The lowest BCUT2D eigenvalue weighted by molar-refractivity contribution is -0.119. The van der Waals surface area contributed by atoms with Gasteiger partial charge in [0.1, 0.15) is 4.75 Å². The van der Waals surface area contributed by atoms with Crippen LogP contribution in [0.25, 0.3) is 0 Å². The van der Waals surface area contributed by atoms with E-state index in [-0.39, 0.29) is 11.8 Å². The third-order valence-corrected chi connectivity index (χ3v) is 3.55. The van der Waals surface area contributed by atoms with Gasteiger partial charge in [-0.2, -0.15) is 0 Å². The molecular weight excluding hydrogens is 248 g/mol. The number of amides is 2. The first-order valence-electron chi connectivity index (χ1n) is 5.46. The van der Waals surface area contributed by atoms with Crippen LogP contribution in [0.4, 0.5) is 0 Å². The molecule has 0 radical (unpaired) electrons. The maximum absolute atomic E-state index is 11.7. The number of carbonyl (C=O) groups is 2. The van der Waals surface area contributed by atoms with Gasteiger partial charge in [-0.15, -0.1) is 0 Å². The van der Waals surface area contributed by atoms with Crippen LogP contribution in [0.2, 0.25) is 0 Å². The van der Waals surface area contributed by atoms with Gasteiger partial charge in [-0.3, -0.25) is 9.59 Å². The number of rotatable bonds is 1. The highest BCUT2D eigenvalue weighted by Gasteiger charge is 2.40. The first-order valence-corrected chi connectivity index (χ1v) is 6.28. The number of nitrogens with zero attached hydrogens (tertiary/aromatic N) is 1. The molecule has 2 rings (SSSR count). The van der Waals surface area contributed by atoms with E-state index in [9.17, 15) is 9.59 Å². The Bertz CT molecular complexity index is 481. The van der Waals surface area contributed by atoms with Crippen LogP contribution in [0.3, 0.4) is 0 Å². The maximum Gasteiger partial charge on any atom is 0.267 e. The molecule has 96 valence electrons. The lowest BCUT2D eigenvalue weighted by Crippen LogP contribution is -2.23. The summed E-state index contributed by atoms with van der Waals surface area (Å²) in [5.74, 6) is -0.383. The Balaban J connectivity index is 0.000000357. The Labute approximate surface area is 111 Å². The van der Waals surface area contributed by atoms with Crippen molar-refractivity contribution in [1.29, 1.82) is 0 Å². The van der Waals surface area contributed by atoms with Crippen molar-refractivity contribution in [2.24, 2.45) is 10.7 Å². The van der Waals surface area contributed by atoms with Crippen LogP contribution in [0.15, 0.2) is 35.3 Å². The second-order valence-electron chi connectivity index (χ2n) is 4.05. The largest absolute Gasteiger partial charge is 0.370 e. The van der Waals surface area contributed by atoms with Gasteiger partial charge in [0, 0.05) is 6.92 Å². The molecular formula is C13H16N2O2S. The molecule has 1 aliphatic rings. The summed E-state index contributed by atoms with van der Waals surface area (Å²) in [5.41, 5.74) is 5.50. The molecule has 0 spiro atoms. The molecule has 0 saturated heterocycles. The minimum atomic E-state index is -0.509. The maximum atomic E-state index is 11.7. The van der Waals surface area contributed by atoms with Crippen molar-refractivity contribution in [3.8, 4) is 0 Å². The SMILES string of the molecule is CC(N)=O.CC1=NC(=O)C(C)(c2ccccc2)S1. The van der Waals surface area contributed by atoms with Gasteiger partial charge >= 0.3 is 0 Å². The fourth-order valence-electron chi connectivity index (χ4n) is 1.55. The topological polar surface area (TPSA) is 72.5 Å². The molecule has 0 aromatic heterocycles. The molecule has 1 aliphatic heterocycles. The second kappa shape index (κ2) is 5.82. The Morgan fingerprint density at radius 1 is 1.33 bits per heavy atom. The number of hydrogen-bond donors (Lipinski definition) is 1. The molecule has 1 unspecified atom stereocenters. The number of aliphatic imine (C=N–C) groups is 1. The number of hydrogen-bond acceptors (Lipinski definition) is 3. The number of primary amides is 1. The predicted molar refractivity (Wildman–Crippen MR) is 74.4 cm³/mol. The number of nitrogens with two attached hydrogens (primary N) is 1. The summed E-state index contributed by atoms with van der Waals surface area (Å²) < 4.78 is -0.509. The summed E-state index contributed by atoms with van der Waals surface area (Å²) in [6.07, 6.45) is 0. The molecule has 4 nitrogen and oxygen atoms in total. The number of benzene rings is 1. The molecule has 5 heteroatoms. The van der Waals surface area contributed by atoms with E-state index in [2.05, 4.69) is 10.7 Å². The fourth-order valence-corrected chi connectivity index (χ4v) is 2.66. The average molecular weight is 264 g/mol. The molecule has 1 atom stereocenters. The summed E-state index contributed by atoms with van der Waals surface area (Å²) in [6.45, 7) is 5.10. The fraction of sp³-hybridized carbons (Fsp3) is 0.308. The lowest BCUT2D eigenvalue weighted by Gasteiger charge is -2.19. The van der Waals surface area contributed by atoms with E-state index in [1.807, 2.05) is 44.2 Å². The van der Waals surface area contributed by atoms with Crippen LogP contribution in [0, 0.1) is 0 Å². The third kappa shape index (κ3) is 3.43. The highest BCUT2D eigenvalue weighted by molar-refractivity contribution is 8.15. The number of thioether (sulfide) groups is 1. The normalized spacial score (nSPS) is 21.9. The zero-order chi connectivity index (χ0) is 13.8. The van der Waals surface area contributed by atoms with Crippen molar-refractivity contribution in [3.05, 3.63) is 35.9 Å². The summed E-state index contributed by atoms with van der Waals surface area (Å²) in [6, 6.07) is 9.78. The Kier molecular flexibility index (Phi) is 4.67. The zero-order valence-corrected chi connectivity index (χ0v) is 11.5.